The number of hydrogen-bond donors (Lipinski definition) is 2. The molecule has 0 saturated carbocycles. The normalized spacial score (nSPS) is 14.4. The molecular weight excluding hydrogens is 168 g/mol. The second kappa shape index (κ2) is 2.65. The summed E-state index contributed by atoms with van der Waals surface area (Å²) in [5.41, 5.74) is 7.95. The highest BCUT2D eigenvalue weighted by molar-refractivity contribution is 5.96. The molecule has 2 rings (SSSR count). The molecule has 1 amide bonds. The third-order valence-electron chi connectivity index (χ3n) is 2.00. The summed E-state index contributed by atoms with van der Waals surface area (Å²) in [5.74, 6) is 0.544. The lowest BCUT2D eigenvalue weighted by atomic mass is 10.1. The maximum Gasteiger partial charge on any atom is 0.262 e. The molecule has 4 heteroatoms. The number of ether oxygens (including phenoxy) is 1. The number of fused-ring (bicyclic) bond motifs is 1. The van der Waals surface area contributed by atoms with Crippen molar-refractivity contribution in [1.82, 2.24) is 0 Å². The summed E-state index contributed by atoms with van der Waals surface area (Å²) in [6, 6.07) is 3.53. The van der Waals surface area contributed by atoms with E-state index in [1.165, 1.54) is 0 Å². The number of carbonyl (C=O) groups is 1. The average molecular weight is 178 g/mol. The summed E-state index contributed by atoms with van der Waals surface area (Å²) in [5, 5.41) is 2.68. The number of aryl methyl sites for hydroxylation is 1. The van der Waals surface area contributed by atoms with Crippen molar-refractivity contribution < 1.29 is 9.53 Å². The number of benzene rings is 1. The summed E-state index contributed by atoms with van der Waals surface area (Å²) in [6.45, 7) is 1.98. The van der Waals surface area contributed by atoms with Gasteiger partial charge in [-0.1, -0.05) is 0 Å². The van der Waals surface area contributed by atoms with E-state index in [0.29, 0.717) is 17.1 Å². The second-order valence-corrected chi connectivity index (χ2v) is 3.04. The van der Waals surface area contributed by atoms with Crippen molar-refractivity contribution in [3.63, 3.8) is 0 Å². The van der Waals surface area contributed by atoms with E-state index < -0.39 is 0 Å². The Bertz CT molecular complexity index is 374. The molecule has 68 valence electrons. The molecule has 0 radical (unpaired) electrons. The van der Waals surface area contributed by atoms with Gasteiger partial charge in [-0.3, -0.25) is 4.79 Å². The predicted octanol–water partition coefficient (Wildman–Crippen LogP) is 0.908. The van der Waals surface area contributed by atoms with E-state index in [-0.39, 0.29) is 12.5 Å². The number of nitrogen functional groups attached to an aromatic ring is 1. The lowest BCUT2D eigenvalue weighted by Gasteiger charge is -2.18. The third kappa shape index (κ3) is 1.30. The zero-order valence-corrected chi connectivity index (χ0v) is 7.26. The minimum atomic E-state index is -0.143. The van der Waals surface area contributed by atoms with Crippen molar-refractivity contribution in [2.45, 2.75) is 6.92 Å². The van der Waals surface area contributed by atoms with Gasteiger partial charge in [-0.25, -0.2) is 0 Å². The van der Waals surface area contributed by atoms with Gasteiger partial charge in [0.1, 0.15) is 5.75 Å². The Morgan fingerprint density at radius 2 is 2.31 bits per heavy atom. The Hall–Kier alpha value is -1.71. The molecule has 0 bridgehead atoms. The maximum atomic E-state index is 10.9. The fourth-order valence-electron chi connectivity index (χ4n) is 1.24. The van der Waals surface area contributed by atoms with Crippen LogP contribution in [0.1, 0.15) is 5.56 Å². The topological polar surface area (TPSA) is 64.3 Å². The quantitative estimate of drug-likeness (QED) is 0.580. The number of carbonyl (C=O) groups excluding carboxylic acids is 1. The monoisotopic (exact) mass is 178 g/mol. The first-order valence-corrected chi connectivity index (χ1v) is 3.99. The van der Waals surface area contributed by atoms with Gasteiger partial charge in [0.25, 0.3) is 5.91 Å². The van der Waals surface area contributed by atoms with Crippen LogP contribution in [0.2, 0.25) is 0 Å². The minimum absolute atomic E-state index is 0.0797. The van der Waals surface area contributed by atoms with Gasteiger partial charge in [-0.05, 0) is 24.6 Å². The number of nitrogens with one attached hydrogen (secondary N) is 1. The number of rotatable bonds is 0. The van der Waals surface area contributed by atoms with Crippen molar-refractivity contribution in [2.75, 3.05) is 17.7 Å². The van der Waals surface area contributed by atoms with Crippen LogP contribution >= 0.6 is 0 Å². The molecule has 0 unspecified atom stereocenters. The van der Waals surface area contributed by atoms with Crippen LogP contribution in [0.4, 0.5) is 11.4 Å². The highest BCUT2D eigenvalue weighted by Gasteiger charge is 2.16. The van der Waals surface area contributed by atoms with E-state index >= 15 is 0 Å². The first-order chi connectivity index (χ1) is 6.16. The molecule has 0 fully saturated rings. The van der Waals surface area contributed by atoms with Crippen molar-refractivity contribution in [2.24, 2.45) is 0 Å². The maximum absolute atomic E-state index is 10.9. The number of hydrogen-bond acceptors (Lipinski definition) is 3. The van der Waals surface area contributed by atoms with Gasteiger partial charge < -0.3 is 15.8 Å². The smallest absolute Gasteiger partial charge is 0.262 e. The van der Waals surface area contributed by atoms with Gasteiger partial charge in [-0.2, -0.15) is 0 Å². The Kier molecular flexibility index (Phi) is 1.62. The predicted molar refractivity (Wildman–Crippen MR) is 49.7 cm³/mol. The van der Waals surface area contributed by atoms with Crippen LogP contribution in [-0.4, -0.2) is 12.5 Å². The zero-order chi connectivity index (χ0) is 9.42. The highest BCUT2D eigenvalue weighted by Crippen LogP contribution is 2.31. The lowest BCUT2D eigenvalue weighted by molar-refractivity contribution is -0.118. The minimum Gasteiger partial charge on any atom is -0.482 e. The summed E-state index contributed by atoms with van der Waals surface area (Å²) in [4.78, 5) is 10.9. The van der Waals surface area contributed by atoms with Crippen LogP contribution in [-0.2, 0) is 4.79 Å². The van der Waals surface area contributed by atoms with Crippen molar-refractivity contribution >= 4 is 17.3 Å². The van der Waals surface area contributed by atoms with Gasteiger partial charge in [0, 0.05) is 5.69 Å². The van der Waals surface area contributed by atoms with Crippen LogP contribution < -0.4 is 15.8 Å². The van der Waals surface area contributed by atoms with Gasteiger partial charge in [-0.15, -0.1) is 0 Å². The number of nitrogens with two attached hydrogens (primary N) is 1. The lowest BCUT2D eigenvalue weighted by Crippen LogP contribution is -2.25. The molecule has 3 N–H and O–H groups in total. The van der Waals surface area contributed by atoms with E-state index in [1.54, 1.807) is 6.07 Å². The molecule has 1 heterocycles. The van der Waals surface area contributed by atoms with Crippen LogP contribution in [0.3, 0.4) is 0 Å². The van der Waals surface area contributed by atoms with Crippen LogP contribution in [0, 0.1) is 6.92 Å². The van der Waals surface area contributed by atoms with Gasteiger partial charge in [0.2, 0.25) is 0 Å². The fraction of sp³-hybridized carbons (Fsp3) is 0.222. The van der Waals surface area contributed by atoms with Crippen molar-refractivity contribution in [3.05, 3.63) is 17.7 Å². The van der Waals surface area contributed by atoms with E-state index in [0.717, 1.165) is 5.56 Å². The largest absolute Gasteiger partial charge is 0.482 e. The molecule has 1 aromatic rings. The highest BCUT2D eigenvalue weighted by atomic mass is 16.5. The second-order valence-electron chi connectivity index (χ2n) is 3.04. The SMILES string of the molecule is Cc1cc2c(cc1N)NC(=O)CO2. The van der Waals surface area contributed by atoms with E-state index in [4.69, 9.17) is 10.5 Å². The standard InChI is InChI=1S/C9H10N2O2/c1-5-2-8-7(3-6(5)10)11-9(12)4-13-8/h2-3H,4,10H2,1H3,(H,11,12). The van der Waals surface area contributed by atoms with Gasteiger partial charge >= 0.3 is 0 Å². The zero-order valence-electron chi connectivity index (χ0n) is 7.26. The first-order valence-electron chi connectivity index (χ1n) is 3.99. The summed E-state index contributed by atoms with van der Waals surface area (Å²) >= 11 is 0. The number of anilines is 2. The van der Waals surface area contributed by atoms with Crippen LogP contribution in [0.5, 0.6) is 5.75 Å². The molecule has 4 nitrogen and oxygen atoms in total. The van der Waals surface area contributed by atoms with Crippen molar-refractivity contribution in [3.8, 4) is 5.75 Å². The fourth-order valence-corrected chi connectivity index (χ4v) is 1.24. The number of amides is 1. The third-order valence-corrected chi connectivity index (χ3v) is 2.00. The summed E-state index contributed by atoms with van der Waals surface area (Å²) in [6.07, 6.45) is 0. The molecule has 13 heavy (non-hydrogen) atoms. The Morgan fingerprint density at radius 3 is 3.08 bits per heavy atom. The van der Waals surface area contributed by atoms with Gasteiger partial charge in [0.15, 0.2) is 6.61 Å². The first kappa shape index (κ1) is 7.91. The molecule has 1 aromatic carbocycles. The average Bonchev–Trinajstić information content (AvgIpc) is 2.08. The van der Waals surface area contributed by atoms with Crippen molar-refractivity contribution in [1.29, 1.82) is 0 Å². The van der Waals surface area contributed by atoms with Gasteiger partial charge in [0.05, 0.1) is 5.69 Å². The van der Waals surface area contributed by atoms with Crippen LogP contribution in [0.15, 0.2) is 12.1 Å². The molecule has 0 atom stereocenters. The van der Waals surface area contributed by atoms with E-state index in [9.17, 15) is 4.79 Å². The molecule has 0 spiro atoms. The van der Waals surface area contributed by atoms with E-state index in [2.05, 4.69) is 5.32 Å². The molecule has 0 aliphatic carbocycles. The Balaban J connectivity index is 2.49. The molecule has 0 saturated heterocycles. The summed E-state index contributed by atoms with van der Waals surface area (Å²) in [7, 11) is 0. The summed E-state index contributed by atoms with van der Waals surface area (Å²) < 4.78 is 5.20. The Morgan fingerprint density at radius 1 is 1.54 bits per heavy atom. The molecule has 0 aromatic heterocycles. The molecule has 1 aliphatic heterocycles. The molecular formula is C9H10N2O2. The van der Waals surface area contributed by atoms with Crippen LogP contribution in [0.25, 0.3) is 0 Å². The van der Waals surface area contributed by atoms with E-state index in [1.807, 2.05) is 13.0 Å². The molecule has 1 aliphatic rings. The Labute approximate surface area is 75.7 Å².